The van der Waals surface area contributed by atoms with Crippen molar-refractivity contribution in [2.75, 3.05) is 6.54 Å². The van der Waals surface area contributed by atoms with E-state index in [4.69, 9.17) is 4.74 Å². The highest BCUT2D eigenvalue weighted by atomic mass is 16.5. The Hall–Kier alpha value is -0.860. The molecular weight excluding hydrogens is 282 g/mol. The maximum Gasteiger partial charge on any atom is 0.0882 e. The van der Waals surface area contributed by atoms with Crippen LogP contribution in [0.5, 0.6) is 0 Å². The van der Waals surface area contributed by atoms with E-state index in [1.807, 2.05) is 0 Å². The minimum atomic E-state index is -0.158. The number of hydrogen-bond acceptors (Lipinski definition) is 2. The lowest BCUT2D eigenvalue weighted by Crippen LogP contribution is -2.59. The predicted octanol–water partition coefficient (Wildman–Crippen LogP) is 4.83. The lowest BCUT2D eigenvalue weighted by atomic mass is 9.72. The number of piperidine rings is 1. The Balaban J connectivity index is 1.76. The van der Waals surface area contributed by atoms with E-state index < -0.39 is 0 Å². The van der Waals surface area contributed by atoms with Crippen LogP contribution in [0.25, 0.3) is 0 Å². The molecule has 0 radical (unpaired) electrons. The molecule has 23 heavy (non-hydrogen) atoms. The van der Waals surface area contributed by atoms with E-state index in [0.717, 1.165) is 6.04 Å². The van der Waals surface area contributed by atoms with Gasteiger partial charge in [-0.25, -0.2) is 0 Å². The average Bonchev–Trinajstić information content (AvgIpc) is 2.67. The van der Waals surface area contributed by atoms with Crippen LogP contribution in [0.2, 0.25) is 0 Å². The van der Waals surface area contributed by atoms with Gasteiger partial charge in [-0.3, -0.25) is 4.90 Å². The van der Waals surface area contributed by atoms with Crippen molar-refractivity contribution in [1.29, 1.82) is 0 Å². The topological polar surface area (TPSA) is 12.5 Å². The van der Waals surface area contributed by atoms with Gasteiger partial charge in [0, 0.05) is 18.0 Å². The van der Waals surface area contributed by atoms with Crippen LogP contribution in [0.4, 0.5) is 0 Å². The second-order valence-electron chi connectivity index (χ2n) is 8.27. The van der Waals surface area contributed by atoms with Gasteiger partial charge in [0.25, 0.3) is 0 Å². The molecule has 1 aromatic rings. The summed E-state index contributed by atoms with van der Waals surface area (Å²) in [4.78, 5) is 2.82. The van der Waals surface area contributed by atoms with Crippen molar-refractivity contribution < 1.29 is 4.74 Å². The molecule has 2 saturated heterocycles. The SMILES string of the molecule is CCCN1C2CCCC[C@H]1[C@@H]1OC(C)(C)c3ccccc3C1C2. The third-order valence-electron chi connectivity index (χ3n) is 6.41. The smallest absolute Gasteiger partial charge is 0.0882 e. The minimum absolute atomic E-state index is 0.158. The van der Waals surface area contributed by atoms with Gasteiger partial charge in [0.2, 0.25) is 0 Å². The summed E-state index contributed by atoms with van der Waals surface area (Å²) in [6.45, 7) is 8.08. The number of rotatable bonds is 2. The molecule has 0 spiro atoms. The van der Waals surface area contributed by atoms with Crippen LogP contribution in [0.3, 0.4) is 0 Å². The normalized spacial score (nSPS) is 36.0. The summed E-state index contributed by atoms with van der Waals surface area (Å²) in [5.41, 5.74) is 2.83. The molecule has 0 aromatic heterocycles. The Kier molecular flexibility index (Phi) is 4.01. The van der Waals surface area contributed by atoms with Gasteiger partial charge in [0.1, 0.15) is 0 Å². The van der Waals surface area contributed by atoms with Gasteiger partial charge in [0.05, 0.1) is 11.7 Å². The summed E-state index contributed by atoms with van der Waals surface area (Å²) in [5, 5.41) is 0. The zero-order valence-electron chi connectivity index (χ0n) is 14.9. The van der Waals surface area contributed by atoms with Crippen molar-refractivity contribution in [2.24, 2.45) is 0 Å². The predicted molar refractivity (Wildman–Crippen MR) is 94.7 cm³/mol. The van der Waals surface area contributed by atoms with Crippen LogP contribution >= 0.6 is 0 Å². The molecule has 3 aliphatic heterocycles. The lowest BCUT2D eigenvalue weighted by molar-refractivity contribution is -0.157. The van der Waals surface area contributed by atoms with Crippen molar-refractivity contribution in [1.82, 2.24) is 4.90 Å². The highest BCUT2D eigenvalue weighted by Gasteiger charge is 2.50. The van der Waals surface area contributed by atoms with E-state index >= 15 is 0 Å². The van der Waals surface area contributed by atoms with E-state index in [-0.39, 0.29) is 5.60 Å². The van der Waals surface area contributed by atoms with Gasteiger partial charge in [-0.2, -0.15) is 0 Å². The van der Waals surface area contributed by atoms with Crippen LogP contribution in [-0.2, 0) is 10.3 Å². The Morgan fingerprint density at radius 3 is 2.78 bits per heavy atom. The summed E-state index contributed by atoms with van der Waals surface area (Å²) >= 11 is 0. The van der Waals surface area contributed by atoms with Crippen molar-refractivity contribution in [2.45, 2.75) is 89.0 Å². The van der Waals surface area contributed by atoms with Gasteiger partial charge in [0.15, 0.2) is 0 Å². The zero-order valence-corrected chi connectivity index (χ0v) is 14.9. The molecule has 0 aliphatic carbocycles. The van der Waals surface area contributed by atoms with Crippen LogP contribution in [-0.4, -0.2) is 29.6 Å². The Morgan fingerprint density at radius 2 is 1.96 bits per heavy atom. The molecule has 2 heteroatoms. The second-order valence-corrected chi connectivity index (χ2v) is 8.27. The highest BCUT2D eigenvalue weighted by molar-refractivity contribution is 5.38. The number of hydrogen-bond donors (Lipinski definition) is 0. The maximum absolute atomic E-state index is 6.78. The first-order chi connectivity index (χ1) is 11.1. The van der Waals surface area contributed by atoms with E-state index in [0.29, 0.717) is 18.1 Å². The molecular formula is C21H31NO. The fourth-order valence-electron chi connectivity index (χ4n) is 5.48. The van der Waals surface area contributed by atoms with E-state index in [1.165, 1.54) is 50.6 Å². The first kappa shape index (κ1) is 15.7. The minimum Gasteiger partial charge on any atom is -0.365 e. The van der Waals surface area contributed by atoms with Crippen molar-refractivity contribution in [3.05, 3.63) is 35.4 Å². The molecule has 2 nitrogen and oxygen atoms in total. The van der Waals surface area contributed by atoms with Crippen LogP contribution < -0.4 is 0 Å². The van der Waals surface area contributed by atoms with Crippen molar-refractivity contribution in [3.63, 3.8) is 0 Å². The third kappa shape index (κ3) is 2.55. The molecule has 126 valence electrons. The van der Waals surface area contributed by atoms with E-state index in [2.05, 4.69) is 49.9 Å². The number of nitrogens with zero attached hydrogens (tertiary/aromatic N) is 1. The second kappa shape index (κ2) is 5.89. The zero-order chi connectivity index (χ0) is 16.0. The molecule has 2 fully saturated rings. The molecule has 0 amide bonds. The maximum atomic E-state index is 6.78. The summed E-state index contributed by atoms with van der Waals surface area (Å²) < 4.78 is 6.78. The molecule has 3 heterocycles. The molecule has 2 bridgehead atoms. The molecule has 4 rings (SSSR count). The lowest BCUT2D eigenvalue weighted by Gasteiger charge is -2.54. The Bertz CT molecular complexity index is 567. The number of fused-ring (bicyclic) bond motifs is 6. The molecule has 3 aliphatic rings. The molecule has 0 N–H and O–H groups in total. The van der Waals surface area contributed by atoms with Gasteiger partial charge < -0.3 is 4.74 Å². The van der Waals surface area contributed by atoms with E-state index in [1.54, 1.807) is 5.56 Å². The monoisotopic (exact) mass is 313 g/mol. The molecule has 2 unspecified atom stereocenters. The number of ether oxygens (including phenoxy) is 1. The quantitative estimate of drug-likeness (QED) is 0.775. The Labute approximate surface area is 141 Å². The van der Waals surface area contributed by atoms with Crippen LogP contribution in [0.15, 0.2) is 24.3 Å². The van der Waals surface area contributed by atoms with Crippen molar-refractivity contribution in [3.8, 4) is 0 Å². The fourth-order valence-corrected chi connectivity index (χ4v) is 5.48. The largest absolute Gasteiger partial charge is 0.365 e. The van der Waals surface area contributed by atoms with Gasteiger partial charge in [-0.05, 0) is 57.2 Å². The average molecular weight is 313 g/mol. The van der Waals surface area contributed by atoms with Crippen LogP contribution in [0.1, 0.15) is 76.3 Å². The van der Waals surface area contributed by atoms with Gasteiger partial charge >= 0.3 is 0 Å². The third-order valence-corrected chi connectivity index (χ3v) is 6.41. The van der Waals surface area contributed by atoms with E-state index in [9.17, 15) is 0 Å². The molecule has 1 aromatic carbocycles. The van der Waals surface area contributed by atoms with Gasteiger partial charge in [-0.1, -0.05) is 44.0 Å². The molecule has 0 saturated carbocycles. The summed E-state index contributed by atoms with van der Waals surface area (Å²) in [6.07, 6.45) is 8.38. The van der Waals surface area contributed by atoms with Crippen molar-refractivity contribution >= 4 is 0 Å². The van der Waals surface area contributed by atoms with Crippen LogP contribution in [0, 0.1) is 0 Å². The first-order valence-corrected chi connectivity index (χ1v) is 9.65. The summed E-state index contributed by atoms with van der Waals surface area (Å²) in [6, 6.07) is 10.4. The standard InChI is InChI=1S/C21H31NO/c1-4-13-22-15-9-5-8-12-19(22)20-17(14-15)16-10-6-7-11-18(16)21(2,3)23-20/h6-7,10-11,15,17,19-20H,4-5,8-9,12-14H2,1-3H3/t15?,17?,19-,20+/m0/s1. The summed E-state index contributed by atoms with van der Waals surface area (Å²) in [7, 11) is 0. The Morgan fingerprint density at radius 1 is 1.17 bits per heavy atom. The molecule has 4 atom stereocenters. The fraction of sp³-hybridized carbons (Fsp3) is 0.714. The number of benzene rings is 1. The first-order valence-electron chi connectivity index (χ1n) is 9.65. The van der Waals surface area contributed by atoms with Gasteiger partial charge in [-0.15, -0.1) is 0 Å². The summed E-state index contributed by atoms with van der Waals surface area (Å²) in [5.74, 6) is 0.598. The highest BCUT2D eigenvalue weighted by Crippen LogP contribution is 2.50.